The zero-order valence-electron chi connectivity index (χ0n) is 15.2. The third-order valence-electron chi connectivity index (χ3n) is 3.86. The molecule has 1 amide bonds. The number of carbonyl (C=O) groups is 2. The van der Waals surface area contributed by atoms with Crippen LogP contribution in [0.25, 0.3) is 10.2 Å². The number of carbonyl (C=O) groups excluding carboxylic acids is 2. The monoisotopic (exact) mass is 390 g/mol. The Hall–Kier alpha value is -2.81. The van der Waals surface area contributed by atoms with Crippen molar-refractivity contribution in [3.05, 3.63) is 46.3 Å². The summed E-state index contributed by atoms with van der Waals surface area (Å²) in [6, 6.07) is 5.88. The van der Waals surface area contributed by atoms with Crippen LogP contribution in [-0.2, 0) is 22.6 Å². The second kappa shape index (κ2) is 7.83. The largest absolute Gasteiger partial charge is 0.465 e. The predicted molar refractivity (Wildman–Crippen MR) is 98.9 cm³/mol. The molecular weight excluding hydrogens is 371 g/mol. The maximum atomic E-state index is 13.6. The minimum absolute atomic E-state index is 0.113. The molecule has 3 aromatic rings. The molecule has 1 aromatic carbocycles. The van der Waals surface area contributed by atoms with Gasteiger partial charge in [0, 0.05) is 6.54 Å². The lowest BCUT2D eigenvalue weighted by Crippen LogP contribution is -2.23. The van der Waals surface area contributed by atoms with Crippen molar-refractivity contribution in [2.75, 3.05) is 6.61 Å². The molecule has 142 valence electrons. The zero-order valence-corrected chi connectivity index (χ0v) is 16.0. The Morgan fingerprint density at radius 1 is 1.30 bits per heavy atom. The van der Waals surface area contributed by atoms with Gasteiger partial charge in [-0.1, -0.05) is 11.3 Å². The minimum atomic E-state index is -0.470. The van der Waals surface area contributed by atoms with Crippen LogP contribution in [0.5, 0.6) is 0 Å². The number of hydrogen-bond acceptors (Lipinski definition) is 5. The van der Waals surface area contributed by atoms with Gasteiger partial charge in [-0.15, -0.1) is 0 Å². The average Bonchev–Trinajstić information content (AvgIpc) is 3.15. The average molecular weight is 390 g/mol. The van der Waals surface area contributed by atoms with E-state index in [2.05, 4.69) is 10.1 Å². The van der Waals surface area contributed by atoms with Crippen LogP contribution in [0.1, 0.15) is 30.0 Å². The fourth-order valence-electron chi connectivity index (χ4n) is 2.72. The Labute approximate surface area is 158 Å². The lowest BCUT2D eigenvalue weighted by Gasteiger charge is -2.05. The Balaban J connectivity index is 2.12. The van der Waals surface area contributed by atoms with Gasteiger partial charge >= 0.3 is 5.97 Å². The summed E-state index contributed by atoms with van der Waals surface area (Å²) in [5, 5.41) is 4.25. The van der Waals surface area contributed by atoms with E-state index < -0.39 is 17.7 Å². The lowest BCUT2D eigenvalue weighted by atomic mass is 10.3. The van der Waals surface area contributed by atoms with Crippen molar-refractivity contribution < 1.29 is 18.7 Å². The summed E-state index contributed by atoms with van der Waals surface area (Å²) in [6.45, 7) is 6.06. The van der Waals surface area contributed by atoms with Crippen molar-refractivity contribution in [2.24, 2.45) is 4.99 Å². The van der Waals surface area contributed by atoms with Crippen LogP contribution < -0.4 is 4.80 Å². The molecule has 2 aromatic heterocycles. The summed E-state index contributed by atoms with van der Waals surface area (Å²) < 4.78 is 22.3. The zero-order chi connectivity index (χ0) is 19.6. The molecule has 0 aliphatic heterocycles. The smallest absolute Gasteiger partial charge is 0.326 e. The highest BCUT2D eigenvalue weighted by Crippen LogP contribution is 2.19. The summed E-state index contributed by atoms with van der Waals surface area (Å²) in [7, 11) is 0. The normalized spacial score (nSPS) is 11.9. The molecule has 0 aliphatic carbocycles. The van der Waals surface area contributed by atoms with Crippen LogP contribution >= 0.6 is 11.3 Å². The number of esters is 1. The van der Waals surface area contributed by atoms with E-state index in [0.29, 0.717) is 33.0 Å². The molecule has 2 heterocycles. The van der Waals surface area contributed by atoms with Gasteiger partial charge in [0.15, 0.2) is 4.80 Å². The molecular formula is C18H19FN4O3S. The number of fused-ring (bicyclic) bond motifs is 1. The van der Waals surface area contributed by atoms with Crippen molar-refractivity contribution in [2.45, 2.75) is 33.9 Å². The van der Waals surface area contributed by atoms with Gasteiger partial charge in [-0.2, -0.15) is 10.1 Å². The van der Waals surface area contributed by atoms with E-state index in [4.69, 9.17) is 4.74 Å². The number of rotatable bonds is 5. The second-order valence-corrected chi connectivity index (χ2v) is 6.80. The number of halogens is 1. The summed E-state index contributed by atoms with van der Waals surface area (Å²) >= 11 is 1.14. The van der Waals surface area contributed by atoms with E-state index in [9.17, 15) is 14.0 Å². The van der Waals surface area contributed by atoms with E-state index in [1.54, 1.807) is 35.2 Å². The molecule has 0 atom stereocenters. The van der Waals surface area contributed by atoms with Gasteiger partial charge in [0.05, 0.1) is 22.5 Å². The molecule has 0 aliphatic rings. The fraction of sp³-hybridized carbons (Fsp3) is 0.333. The number of aryl methyl sites for hydroxylation is 2. The maximum absolute atomic E-state index is 13.6. The second-order valence-electron chi connectivity index (χ2n) is 5.79. The molecule has 0 fully saturated rings. The topological polar surface area (TPSA) is 78.5 Å². The molecule has 0 saturated carbocycles. The molecule has 0 N–H and O–H groups in total. The molecule has 0 bridgehead atoms. The number of hydrogen-bond donors (Lipinski definition) is 0. The Morgan fingerprint density at radius 2 is 2.07 bits per heavy atom. The fourth-order valence-corrected chi connectivity index (χ4v) is 3.78. The highest BCUT2D eigenvalue weighted by molar-refractivity contribution is 7.16. The Kier molecular flexibility index (Phi) is 5.50. The Morgan fingerprint density at radius 3 is 2.78 bits per heavy atom. The summed E-state index contributed by atoms with van der Waals surface area (Å²) in [6.07, 6.45) is 0. The lowest BCUT2D eigenvalue weighted by molar-refractivity contribution is -0.143. The van der Waals surface area contributed by atoms with Gasteiger partial charge in [0.25, 0.3) is 5.91 Å². The molecule has 0 radical (unpaired) electrons. The van der Waals surface area contributed by atoms with Crippen LogP contribution in [0, 0.1) is 12.7 Å². The molecule has 0 saturated heterocycles. The highest BCUT2D eigenvalue weighted by atomic mass is 32.1. The van der Waals surface area contributed by atoms with Gasteiger partial charge in [-0.05, 0) is 45.0 Å². The quantitative estimate of drug-likeness (QED) is 0.628. The van der Waals surface area contributed by atoms with Crippen molar-refractivity contribution in [3.63, 3.8) is 0 Å². The standard InChI is InChI=1S/C18H19FN4O3S/c1-4-23-14(8-11(3)21-23)17(25)20-18-22(10-16(24)26-5-2)13-7-6-12(19)9-15(13)27-18/h6-9H,4-5,10H2,1-3H3. The molecule has 0 spiro atoms. The highest BCUT2D eigenvalue weighted by Gasteiger charge is 2.16. The van der Waals surface area contributed by atoms with Gasteiger partial charge in [0.1, 0.15) is 18.1 Å². The minimum Gasteiger partial charge on any atom is -0.465 e. The van der Waals surface area contributed by atoms with Gasteiger partial charge in [-0.25, -0.2) is 4.39 Å². The first-order valence-corrected chi connectivity index (χ1v) is 9.32. The molecule has 7 nitrogen and oxygen atoms in total. The van der Waals surface area contributed by atoms with Crippen molar-refractivity contribution in [1.29, 1.82) is 0 Å². The van der Waals surface area contributed by atoms with Crippen molar-refractivity contribution in [3.8, 4) is 0 Å². The Bertz CT molecular complexity index is 1080. The first-order chi connectivity index (χ1) is 12.9. The first kappa shape index (κ1) is 19.0. The maximum Gasteiger partial charge on any atom is 0.326 e. The van der Waals surface area contributed by atoms with Crippen LogP contribution in [0.15, 0.2) is 29.3 Å². The van der Waals surface area contributed by atoms with Gasteiger partial charge in [0.2, 0.25) is 0 Å². The number of nitrogens with zero attached hydrogens (tertiary/aromatic N) is 4. The van der Waals surface area contributed by atoms with E-state index in [1.165, 1.54) is 12.1 Å². The molecule has 9 heteroatoms. The van der Waals surface area contributed by atoms with Gasteiger partial charge < -0.3 is 9.30 Å². The van der Waals surface area contributed by atoms with E-state index in [-0.39, 0.29) is 13.2 Å². The summed E-state index contributed by atoms with van der Waals surface area (Å²) in [4.78, 5) is 29.2. The summed E-state index contributed by atoms with van der Waals surface area (Å²) in [5.41, 5.74) is 1.69. The number of benzene rings is 1. The SMILES string of the molecule is CCOC(=O)Cn1c(=NC(=O)c2cc(C)nn2CC)sc2cc(F)ccc21. The first-order valence-electron chi connectivity index (χ1n) is 8.51. The number of thiazole rings is 1. The van der Waals surface area contributed by atoms with Crippen molar-refractivity contribution >= 4 is 33.4 Å². The van der Waals surface area contributed by atoms with Crippen LogP contribution in [0.4, 0.5) is 4.39 Å². The number of amides is 1. The number of ether oxygens (including phenoxy) is 1. The van der Waals surface area contributed by atoms with E-state index in [0.717, 1.165) is 11.3 Å². The van der Waals surface area contributed by atoms with Crippen LogP contribution in [0.3, 0.4) is 0 Å². The van der Waals surface area contributed by atoms with Crippen molar-refractivity contribution in [1.82, 2.24) is 14.3 Å². The third kappa shape index (κ3) is 3.97. The van der Waals surface area contributed by atoms with E-state index >= 15 is 0 Å². The number of aromatic nitrogens is 3. The van der Waals surface area contributed by atoms with Crippen LogP contribution in [0.2, 0.25) is 0 Å². The molecule has 27 heavy (non-hydrogen) atoms. The van der Waals surface area contributed by atoms with Crippen LogP contribution in [-0.4, -0.2) is 32.8 Å². The predicted octanol–water partition coefficient (Wildman–Crippen LogP) is 2.67. The third-order valence-corrected chi connectivity index (χ3v) is 4.90. The molecule has 3 rings (SSSR count). The molecule has 0 unspecified atom stereocenters. The van der Waals surface area contributed by atoms with E-state index in [1.807, 2.05) is 6.92 Å². The summed E-state index contributed by atoms with van der Waals surface area (Å²) in [5.74, 6) is -1.32. The van der Waals surface area contributed by atoms with Gasteiger partial charge in [-0.3, -0.25) is 14.3 Å².